The van der Waals surface area contributed by atoms with E-state index in [1.54, 1.807) is 24.3 Å². The molecule has 0 radical (unpaired) electrons. The maximum Gasteiger partial charge on any atom is 0.233 e. The van der Waals surface area contributed by atoms with E-state index in [2.05, 4.69) is 31.3 Å². The van der Waals surface area contributed by atoms with Gasteiger partial charge in [-0.05, 0) is 68.1 Å². The third-order valence-electron chi connectivity index (χ3n) is 8.00. The first-order chi connectivity index (χ1) is 15.3. The molecule has 32 heavy (non-hydrogen) atoms. The van der Waals surface area contributed by atoms with Crippen LogP contribution >= 0.6 is 0 Å². The number of allylic oxidation sites excluding steroid dienone is 4. The number of piperidine rings is 1. The van der Waals surface area contributed by atoms with Crippen LogP contribution in [0, 0.1) is 35.5 Å². The molecule has 5 heteroatoms. The number of fused-ring (bicyclic) bond motifs is 1. The molecule has 1 saturated carbocycles. The third-order valence-corrected chi connectivity index (χ3v) is 8.00. The van der Waals surface area contributed by atoms with Crippen LogP contribution in [0.4, 0.5) is 0 Å². The van der Waals surface area contributed by atoms with Gasteiger partial charge in [-0.25, -0.2) is 0 Å². The monoisotopic (exact) mass is 437 g/mol. The lowest BCUT2D eigenvalue weighted by Gasteiger charge is -2.46. The molecule has 2 aliphatic carbocycles. The lowest BCUT2D eigenvalue weighted by atomic mass is 9.58. The number of phenolic OH excluding ortho intramolecular Hbond substituents is 1. The van der Waals surface area contributed by atoms with Gasteiger partial charge in [0.15, 0.2) is 5.78 Å². The number of aliphatic hydroxyl groups is 1. The maximum atomic E-state index is 13.9. The van der Waals surface area contributed by atoms with E-state index in [0.717, 1.165) is 18.4 Å². The second-order valence-electron chi connectivity index (χ2n) is 10.0. The number of carbonyl (C=O) groups excluding carboxylic acids is 2. The Morgan fingerprint density at radius 1 is 1.16 bits per heavy atom. The Labute approximate surface area is 190 Å². The molecule has 0 bridgehead atoms. The van der Waals surface area contributed by atoms with Crippen molar-refractivity contribution >= 4 is 11.7 Å². The van der Waals surface area contributed by atoms with E-state index in [9.17, 15) is 19.8 Å². The minimum Gasteiger partial charge on any atom is -0.508 e. The number of aromatic hydroxyl groups is 1. The van der Waals surface area contributed by atoms with Crippen LogP contribution < -0.4 is 5.32 Å². The molecule has 1 amide bonds. The fourth-order valence-electron chi connectivity index (χ4n) is 6.33. The summed E-state index contributed by atoms with van der Waals surface area (Å²) in [6.07, 6.45) is 8.60. The van der Waals surface area contributed by atoms with Gasteiger partial charge < -0.3 is 15.5 Å². The highest BCUT2D eigenvalue weighted by atomic mass is 16.3. The van der Waals surface area contributed by atoms with Crippen LogP contribution in [0.2, 0.25) is 0 Å². The van der Waals surface area contributed by atoms with Crippen molar-refractivity contribution in [1.29, 1.82) is 0 Å². The molecule has 4 rings (SSSR count). The summed E-state index contributed by atoms with van der Waals surface area (Å²) >= 11 is 0. The zero-order valence-electron chi connectivity index (χ0n) is 19.2. The Morgan fingerprint density at radius 3 is 2.56 bits per heavy atom. The zero-order chi connectivity index (χ0) is 23.0. The third kappa shape index (κ3) is 4.15. The second kappa shape index (κ2) is 9.22. The van der Waals surface area contributed by atoms with Gasteiger partial charge >= 0.3 is 0 Å². The first kappa shape index (κ1) is 22.8. The fourth-order valence-corrected chi connectivity index (χ4v) is 6.33. The number of hydrogen-bond donors (Lipinski definition) is 3. The first-order valence-electron chi connectivity index (χ1n) is 11.9. The molecule has 5 nitrogen and oxygen atoms in total. The van der Waals surface area contributed by atoms with Gasteiger partial charge in [0.1, 0.15) is 11.7 Å². The molecular formula is C27H35NO4. The van der Waals surface area contributed by atoms with Gasteiger partial charge in [0.25, 0.3) is 0 Å². The fraction of sp³-hybridized carbons (Fsp3) is 0.556. The molecule has 1 aliphatic heterocycles. The van der Waals surface area contributed by atoms with Crippen molar-refractivity contribution in [3.63, 3.8) is 0 Å². The summed E-state index contributed by atoms with van der Waals surface area (Å²) in [7, 11) is 0. The van der Waals surface area contributed by atoms with Gasteiger partial charge in [0.2, 0.25) is 5.91 Å². The summed E-state index contributed by atoms with van der Waals surface area (Å²) in [5.74, 6) is -0.742. The van der Waals surface area contributed by atoms with E-state index in [0.29, 0.717) is 17.8 Å². The minimum absolute atomic E-state index is 0.0537. The molecule has 1 saturated heterocycles. The Bertz CT molecular complexity index is 918. The largest absolute Gasteiger partial charge is 0.508 e. The lowest BCUT2D eigenvalue weighted by Crippen LogP contribution is -2.55. The average molecular weight is 438 g/mol. The molecule has 3 N–H and O–H groups in total. The van der Waals surface area contributed by atoms with Crippen LogP contribution in [0.25, 0.3) is 0 Å². The summed E-state index contributed by atoms with van der Waals surface area (Å²) in [5, 5.41) is 23.6. The summed E-state index contributed by atoms with van der Waals surface area (Å²) in [5.41, 5.74) is 2.05. The average Bonchev–Trinajstić information content (AvgIpc) is 2.76. The highest BCUT2D eigenvalue weighted by Crippen LogP contribution is 2.49. The standard InChI is InChI=1S/C27H35NO4/c1-4-5-20-21-12-15(2)6-11-19(21)16(3)13-22(20)25(30)24-26(31)23(14-28-27(24)32)17-7-9-18(29)10-8-17/h4-5,7-10,13,15,19-24,26,29,31H,6,11-12,14H2,1-3H3,(H,28,32)/b5-4+/t15-,19+,20?,21-,22+,23?,24?,26?/m0/s1. The van der Waals surface area contributed by atoms with E-state index in [4.69, 9.17) is 0 Å². The first-order valence-corrected chi connectivity index (χ1v) is 11.9. The van der Waals surface area contributed by atoms with Crippen LogP contribution in [0.1, 0.15) is 51.5 Å². The van der Waals surface area contributed by atoms with Crippen molar-refractivity contribution in [1.82, 2.24) is 5.32 Å². The van der Waals surface area contributed by atoms with Gasteiger partial charge in [-0.15, -0.1) is 0 Å². The SMILES string of the molecule is C/C=C/C1[C@H]2C[C@@H](C)CC[C@@H]2C(C)=C[C@H]1C(=O)C1C(=O)NCC(c2ccc(O)cc2)C1O. The second-order valence-corrected chi connectivity index (χ2v) is 10.0. The smallest absolute Gasteiger partial charge is 0.233 e. The molecular weight excluding hydrogens is 402 g/mol. The van der Waals surface area contributed by atoms with E-state index in [1.165, 1.54) is 12.0 Å². The summed E-state index contributed by atoms with van der Waals surface area (Å²) in [4.78, 5) is 26.7. The summed E-state index contributed by atoms with van der Waals surface area (Å²) in [6, 6.07) is 6.61. The normalized spacial score (nSPS) is 37.5. The van der Waals surface area contributed by atoms with E-state index < -0.39 is 23.9 Å². The predicted octanol–water partition coefficient (Wildman–Crippen LogP) is 3.97. The number of aliphatic hydroxyl groups excluding tert-OH is 1. The molecule has 1 aromatic rings. The van der Waals surface area contributed by atoms with Crippen molar-refractivity contribution in [3.8, 4) is 5.75 Å². The quantitative estimate of drug-likeness (QED) is 0.491. The topological polar surface area (TPSA) is 86.6 Å². The van der Waals surface area contributed by atoms with Crippen LogP contribution in [0.3, 0.4) is 0 Å². The van der Waals surface area contributed by atoms with E-state index in [-0.39, 0.29) is 29.9 Å². The van der Waals surface area contributed by atoms with Gasteiger partial charge in [-0.2, -0.15) is 0 Å². The highest BCUT2D eigenvalue weighted by Gasteiger charge is 2.49. The number of hydrogen-bond acceptors (Lipinski definition) is 4. The number of ketones is 1. The Hall–Kier alpha value is -2.40. The van der Waals surface area contributed by atoms with Gasteiger partial charge in [-0.3, -0.25) is 9.59 Å². The maximum absolute atomic E-state index is 13.9. The van der Waals surface area contributed by atoms with Crippen LogP contribution in [0.15, 0.2) is 48.1 Å². The Balaban J connectivity index is 1.65. The number of Topliss-reactive ketones (excluding diaryl/α,β-unsaturated/α-hetero) is 1. The van der Waals surface area contributed by atoms with Crippen molar-refractivity contribution in [2.75, 3.05) is 6.54 Å². The molecule has 172 valence electrons. The van der Waals surface area contributed by atoms with Crippen LogP contribution in [-0.4, -0.2) is 34.6 Å². The minimum atomic E-state index is -1.10. The van der Waals surface area contributed by atoms with Crippen molar-refractivity contribution in [3.05, 3.63) is 53.6 Å². The summed E-state index contributed by atoms with van der Waals surface area (Å²) in [6.45, 7) is 6.66. The highest BCUT2D eigenvalue weighted by molar-refractivity contribution is 6.04. The molecule has 1 aromatic carbocycles. The number of nitrogens with one attached hydrogen (secondary N) is 1. The van der Waals surface area contributed by atoms with Crippen molar-refractivity contribution in [2.24, 2.45) is 35.5 Å². The van der Waals surface area contributed by atoms with Gasteiger partial charge in [0, 0.05) is 18.4 Å². The summed E-state index contributed by atoms with van der Waals surface area (Å²) < 4.78 is 0. The Morgan fingerprint density at radius 2 is 1.88 bits per heavy atom. The van der Waals surface area contributed by atoms with E-state index in [1.807, 2.05) is 13.0 Å². The van der Waals surface area contributed by atoms with Crippen LogP contribution in [0.5, 0.6) is 5.75 Å². The molecule has 0 aromatic heterocycles. The van der Waals surface area contributed by atoms with Crippen LogP contribution in [-0.2, 0) is 9.59 Å². The predicted molar refractivity (Wildman–Crippen MR) is 124 cm³/mol. The number of carbonyl (C=O) groups is 2. The van der Waals surface area contributed by atoms with Crippen molar-refractivity contribution < 1.29 is 19.8 Å². The Kier molecular flexibility index (Phi) is 6.57. The molecule has 4 unspecified atom stereocenters. The van der Waals surface area contributed by atoms with Gasteiger partial charge in [0.05, 0.1) is 6.10 Å². The van der Waals surface area contributed by atoms with Gasteiger partial charge in [-0.1, -0.05) is 49.3 Å². The lowest BCUT2D eigenvalue weighted by molar-refractivity contribution is -0.145. The molecule has 1 heterocycles. The number of phenols is 1. The number of benzene rings is 1. The van der Waals surface area contributed by atoms with Crippen molar-refractivity contribution in [2.45, 2.75) is 52.1 Å². The zero-order valence-corrected chi connectivity index (χ0v) is 19.2. The molecule has 3 aliphatic rings. The molecule has 0 spiro atoms. The number of rotatable bonds is 4. The number of amides is 1. The molecule has 8 atom stereocenters. The van der Waals surface area contributed by atoms with E-state index >= 15 is 0 Å². The molecule has 2 fully saturated rings.